The molecule has 0 fully saturated rings. The maximum absolute atomic E-state index is 11.9. The van der Waals surface area contributed by atoms with E-state index in [2.05, 4.69) is 15.9 Å². The topological polar surface area (TPSA) is 60.2 Å². The van der Waals surface area contributed by atoms with E-state index < -0.39 is 9.84 Å². The minimum absolute atomic E-state index is 0.0331. The Morgan fingerprint density at radius 1 is 1.47 bits per heavy atom. The molecule has 0 aliphatic heterocycles. The molecule has 0 saturated heterocycles. The average Bonchev–Trinajstić information content (AvgIpc) is 2.21. The van der Waals surface area contributed by atoms with Crippen LogP contribution in [0.2, 0.25) is 5.02 Å². The van der Waals surface area contributed by atoms with Gasteiger partial charge in [0.1, 0.15) is 0 Å². The van der Waals surface area contributed by atoms with E-state index in [1.54, 1.807) is 18.2 Å². The van der Waals surface area contributed by atoms with E-state index in [1.165, 1.54) is 0 Å². The largest absolute Gasteiger partial charge is 0.330 e. The van der Waals surface area contributed by atoms with E-state index in [0.29, 0.717) is 17.1 Å². The number of hydrogen-bond acceptors (Lipinski definition) is 3. The summed E-state index contributed by atoms with van der Waals surface area (Å²) in [6.07, 6.45) is 0. The molecule has 0 radical (unpaired) electrons. The van der Waals surface area contributed by atoms with E-state index in [4.69, 9.17) is 17.3 Å². The van der Waals surface area contributed by atoms with Gasteiger partial charge in [0.25, 0.3) is 0 Å². The summed E-state index contributed by atoms with van der Waals surface area (Å²) in [5.74, 6) is 0.0218. The van der Waals surface area contributed by atoms with Crippen molar-refractivity contribution in [3.05, 3.63) is 33.3 Å². The zero-order valence-electron chi connectivity index (χ0n) is 9.49. The Bertz CT molecular complexity index is 490. The first-order chi connectivity index (χ1) is 7.84. The van der Waals surface area contributed by atoms with Crippen LogP contribution in [-0.2, 0) is 15.6 Å². The highest BCUT2D eigenvalue weighted by molar-refractivity contribution is 9.10. The second-order valence-electron chi connectivity index (χ2n) is 4.13. The van der Waals surface area contributed by atoms with E-state index in [0.717, 1.165) is 4.47 Å². The highest BCUT2D eigenvalue weighted by Gasteiger charge is 2.17. The number of nitrogens with two attached hydrogens (primary N) is 1. The van der Waals surface area contributed by atoms with E-state index >= 15 is 0 Å². The van der Waals surface area contributed by atoms with Gasteiger partial charge in [-0.05, 0) is 30.2 Å². The zero-order chi connectivity index (χ0) is 13.1. The lowest BCUT2D eigenvalue weighted by Crippen LogP contribution is -2.22. The summed E-state index contributed by atoms with van der Waals surface area (Å²) in [5, 5.41) is 0.461. The van der Waals surface area contributed by atoms with E-state index in [9.17, 15) is 8.42 Å². The molecule has 0 bridgehead atoms. The molecule has 0 heterocycles. The predicted molar refractivity (Wildman–Crippen MR) is 74.9 cm³/mol. The molecular weight excluding hydrogens is 326 g/mol. The van der Waals surface area contributed by atoms with Crippen LogP contribution in [0.25, 0.3) is 0 Å². The monoisotopic (exact) mass is 339 g/mol. The molecule has 6 heteroatoms. The molecule has 0 aromatic heterocycles. The van der Waals surface area contributed by atoms with Gasteiger partial charge in [0, 0.05) is 9.50 Å². The number of hydrogen-bond donors (Lipinski definition) is 1. The summed E-state index contributed by atoms with van der Waals surface area (Å²) in [4.78, 5) is 0. The molecule has 17 heavy (non-hydrogen) atoms. The van der Waals surface area contributed by atoms with Crippen molar-refractivity contribution in [2.75, 3.05) is 12.3 Å². The highest BCUT2D eigenvalue weighted by atomic mass is 79.9. The van der Waals surface area contributed by atoms with Crippen molar-refractivity contribution < 1.29 is 8.42 Å². The van der Waals surface area contributed by atoms with Gasteiger partial charge in [-0.15, -0.1) is 0 Å². The van der Waals surface area contributed by atoms with Crippen LogP contribution >= 0.6 is 27.5 Å². The molecule has 1 unspecified atom stereocenters. The van der Waals surface area contributed by atoms with Gasteiger partial charge in [-0.3, -0.25) is 0 Å². The molecule has 0 amide bonds. The Balaban J connectivity index is 2.83. The number of halogens is 2. The van der Waals surface area contributed by atoms with Crippen molar-refractivity contribution in [3.8, 4) is 0 Å². The Labute approximate surface area is 115 Å². The van der Waals surface area contributed by atoms with Crippen LogP contribution in [-0.4, -0.2) is 20.7 Å². The normalized spacial score (nSPS) is 13.6. The SMILES string of the molecule is CC(CN)CS(=O)(=O)Cc1ccc(Br)cc1Cl. The number of rotatable bonds is 5. The highest BCUT2D eigenvalue weighted by Crippen LogP contribution is 2.23. The molecule has 1 aromatic carbocycles. The standard InChI is InChI=1S/C11H15BrClNO2S/c1-8(5-14)6-17(15,16)7-9-2-3-10(12)4-11(9)13/h2-4,8H,5-7,14H2,1H3. The van der Waals surface area contributed by atoms with Gasteiger partial charge in [0.05, 0.1) is 11.5 Å². The Kier molecular flexibility index (Phi) is 5.44. The van der Waals surface area contributed by atoms with Crippen LogP contribution in [0.3, 0.4) is 0 Å². The van der Waals surface area contributed by atoms with Crippen LogP contribution in [0.15, 0.2) is 22.7 Å². The lowest BCUT2D eigenvalue weighted by Gasteiger charge is -2.10. The summed E-state index contributed by atoms with van der Waals surface area (Å²) in [6.45, 7) is 2.19. The fraction of sp³-hybridized carbons (Fsp3) is 0.455. The average molecular weight is 341 g/mol. The molecule has 0 saturated carbocycles. The van der Waals surface area contributed by atoms with Crippen LogP contribution in [0, 0.1) is 5.92 Å². The summed E-state index contributed by atoms with van der Waals surface area (Å²) in [5.41, 5.74) is 6.05. The third-order valence-electron chi connectivity index (χ3n) is 2.33. The van der Waals surface area contributed by atoms with Gasteiger partial charge in [-0.1, -0.05) is 40.5 Å². The van der Waals surface area contributed by atoms with Crippen molar-refractivity contribution >= 4 is 37.4 Å². The van der Waals surface area contributed by atoms with Gasteiger partial charge in [0.15, 0.2) is 9.84 Å². The molecule has 0 spiro atoms. The third-order valence-corrected chi connectivity index (χ3v) is 5.00. The van der Waals surface area contributed by atoms with E-state index in [-0.39, 0.29) is 17.4 Å². The Morgan fingerprint density at radius 2 is 2.12 bits per heavy atom. The molecule has 0 aliphatic carbocycles. The molecule has 1 aromatic rings. The first kappa shape index (κ1) is 15.0. The van der Waals surface area contributed by atoms with Crippen molar-refractivity contribution in [1.29, 1.82) is 0 Å². The van der Waals surface area contributed by atoms with Crippen LogP contribution in [0.1, 0.15) is 12.5 Å². The minimum atomic E-state index is -3.16. The fourth-order valence-corrected chi connectivity index (χ4v) is 4.10. The first-order valence-corrected chi connectivity index (χ1v) is 8.17. The molecule has 1 atom stereocenters. The second-order valence-corrected chi connectivity index (χ2v) is 7.56. The van der Waals surface area contributed by atoms with Crippen LogP contribution < -0.4 is 5.73 Å². The van der Waals surface area contributed by atoms with Crippen LogP contribution in [0.5, 0.6) is 0 Å². The number of benzene rings is 1. The molecule has 3 nitrogen and oxygen atoms in total. The zero-order valence-corrected chi connectivity index (χ0v) is 12.6. The van der Waals surface area contributed by atoms with E-state index in [1.807, 2.05) is 6.92 Å². The quantitative estimate of drug-likeness (QED) is 0.896. The lowest BCUT2D eigenvalue weighted by molar-refractivity contribution is 0.573. The van der Waals surface area contributed by atoms with Gasteiger partial charge in [-0.25, -0.2) is 8.42 Å². The molecular formula is C11H15BrClNO2S. The maximum atomic E-state index is 11.9. The smallest absolute Gasteiger partial charge is 0.154 e. The Morgan fingerprint density at radius 3 is 2.65 bits per heavy atom. The Hall–Kier alpha value is -0.100. The summed E-state index contributed by atoms with van der Waals surface area (Å²) in [6, 6.07) is 5.19. The van der Waals surface area contributed by atoms with Gasteiger partial charge in [-0.2, -0.15) is 0 Å². The lowest BCUT2D eigenvalue weighted by atomic mass is 10.2. The molecule has 2 N–H and O–H groups in total. The van der Waals surface area contributed by atoms with Crippen LogP contribution in [0.4, 0.5) is 0 Å². The van der Waals surface area contributed by atoms with Crippen molar-refractivity contribution in [2.45, 2.75) is 12.7 Å². The summed E-state index contributed by atoms with van der Waals surface area (Å²) in [7, 11) is -3.16. The third kappa shape index (κ3) is 4.95. The molecule has 1 rings (SSSR count). The second kappa shape index (κ2) is 6.18. The molecule has 96 valence electrons. The fourth-order valence-electron chi connectivity index (χ4n) is 1.44. The van der Waals surface area contributed by atoms with Crippen molar-refractivity contribution in [1.82, 2.24) is 0 Å². The number of sulfone groups is 1. The predicted octanol–water partition coefficient (Wildman–Crippen LogP) is 2.61. The minimum Gasteiger partial charge on any atom is -0.330 e. The summed E-state index contributed by atoms with van der Waals surface area (Å²) >= 11 is 9.26. The first-order valence-electron chi connectivity index (χ1n) is 5.18. The van der Waals surface area contributed by atoms with Gasteiger partial charge >= 0.3 is 0 Å². The van der Waals surface area contributed by atoms with Gasteiger partial charge < -0.3 is 5.73 Å². The maximum Gasteiger partial charge on any atom is 0.154 e. The summed E-state index contributed by atoms with van der Waals surface area (Å²) < 4.78 is 24.6. The van der Waals surface area contributed by atoms with Crippen molar-refractivity contribution in [3.63, 3.8) is 0 Å². The van der Waals surface area contributed by atoms with Gasteiger partial charge in [0.2, 0.25) is 0 Å². The molecule has 0 aliphatic rings. The van der Waals surface area contributed by atoms with Crippen molar-refractivity contribution in [2.24, 2.45) is 11.7 Å².